The average molecular weight is 256 g/mol. The lowest BCUT2D eigenvalue weighted by Crippen LogP contribution is -2.26. The van der Waals surface area contributed by atoms with Crippen LogP contribution in [0.4, 0.5) is 14.6 Å². The molecular weight excluding hydrogens is 238 g/mol. The molecule has 0 saturated heterocycles. The highest BCUT2D eigenvalue weighted by Crippen LogP contribution is 2.30. The third-order valence-electron chi connectivity index (χ3n) is 3.51. The molecule has 100 valence electrons. The van der Waals surface area contributed by atoms with Gasteiger partial charge in [-0.2, -0.15) is 4.98 Å². The van der Waals surface area contributed by atoms with Gasteiger partial charge >= 0.3 is 0 Å². The highest BCUT2D eigenvalue weighted by Gasteiger charge is 2.24. The van der Waals surface area contributed by atoms with Crippen molar-refractivity contribution in [2.75, 3.05) is 5.73 Å². The van der Waals surface area contributed by atoms with Crippen molar-refractivity contribution >= 4 is 5.82 Å². The molecule has 1 fully saturated rings. The van der Waals surface area contributed by atoms with Crippen LogP contribution in [0.3, 0.4) is 0 Å². The lowest BCUT2D eigenvalue weighted by Gasteiger charge is -2.28. The Morgan fingerprint density at radius 2 is 2.17 bits per heavy atom. The topological polar surface area (TPSA) is 48.1 Å². The summed E-state index contributed by atoms with van der Waals surface area (Å²) in [6, 6.07) is 0.720. The Morgan fingerprint density at radius 1 is 1.39 bits per heavy atom. The second kappa shape index (κ2) is 5.50. The Bertz CT molecular complexity index is 426. The summed E-state index contributed by atoms with van der Waals surface area (Å²) in [6.07, 6.45) is 5.10. The van der Waals surface area contributed by atoms with Gasteiger partial charge in [-0.15, -0.1) is 0 Å². The van der Waals surface area contributed by atoms with Crippen LogP contribution >= 0.6 is 0 Å². The van der Waals surface area contributed by atoms with Crippen molar-refractivity contribution in [1.82, 2.24) is 4.98 Å². The number of nitrogen functional groups attached to an aromatic ring is 1. The van der Waals surface area contributed by atoms with Crippen molar-refractivity contribution in [3.63, 3.8) is 0 Å². The van der Waals surface area contributed by atoms with Gasteiger partial charge in [0.05, 0.1) is 0 Å². The number of aromatic nitrogens is 1. The number of nitrogens with two attached hydrogens (primary N) is 1. The summed E-state index contributed by atoms with van der Waals surface area (Å²) in [7, 11) is 0. The molecule has 2 unspecified atom stereocenters. The summed E-state index contributed by atoms with van der Waals surface area (Å²) in [5, 5.41) is 0. The van der Waals surface area contributed by atoms with Gasteiger partial charge in [-0.25, -0.2) is 8.78 Å². The summed E-state index contributed by atoms with van der Waals surface area (Å²) in [5.41, 5.74) is 5.32. The highest BCUT2D eigenvalue weighted by atomic mass is 19.1. The molecule has 0 aliphatic heterocycles. The van der Waals surface area contributed by atoms with Crippen molar-refractivity contribution in [1.29, 1.82) is 0 Å². The Balaban J connectivity index is 2.07. The highest BCUT2D eigenvalue weighted by molar-refractivity contribution is 5.34. The smallest absolute Gasteiger partial charge is 0.252 e. The first-order valence-corrected chi connectivity index (χ1v) is 6.38. The number of hydrogen-bond acceptors (Lipinski definition) is 3. The van der Waals surface area contributed by atoms with E-state index in [9.17, 15) is 8.78 Å². The first kappa shape index (κ1) is 13.1. The van der Waals surface area contributed by atoms with Crippen LogP contribution in [0.5, 0.6) is 5.88 Å². The molecule has 0 radical (unpaired) electrons. The van der Waals surface area contributed by atoms with E-state index in [-0.39, 0.29) is 17.8 Å². The average Bonchev–Trinajstić information content (AvgIpc) is 2.36. The molecule has 2 atom stereocenters. The molecule has 0 spiro atoms. The van der Waals surface area contributed by atoms with Gasteiger partial charge in [-0.3, -0.25) is 0 Å². The Hall–Kier alpha value is -1.39. The van der Waals surface area contributed by atoms with Gasteiger partial charge in [-0.1, -0.05) is 19.8 Å². The van der Waals surface area contributed by atoms with Gasteiger partial charge in [0.15, 0.2) is 17.5 Å². The summed E-state index contributed by atoms with van der Waals surface area (Å²) in [5.74, 6) is -1.54. The molecule has 1 heterocycles. The Kier molecular flexibility index (Phi) is 3.99. The molecule has 1 aromatic rings. The van der Waals surface area contributed by atoms with E-state index >= 15 is 0 Å². The molecule has 0 amide bonds. The summed E-state index contributed by atoms with van der Waals surface area (Å²) in [4.78, 5) is 3.62. The predicted octanol–water partition coefficient (Wildman–Crippen LogP) is 3.29. The van der Waals surface area contributed by atoms with E-state index in [1.165, 1.54) is 6.42 Å². The second-order valence-corrected chi connectivity index (χ2v) is 4.82. The van der Waals surface area contributed by atoms with Crippen LogP contribution in [0, 0.1) is 17.6 Å². The quantitative estimate of drug-likeness (QED) is 0.902. The van der Waals surface area contributed by atoms with Gasteiger partial charge in [0, 0.05) is 6.07 Å². The van der Waals surface area contributed by atoms with Crippen molar-refractivity contribution in [3.8, 4) is 5.88 Å². The first-order chi connectivity index (χ1) is 8.60. The molecule has 5 heteroatoms. The second-order valence-electron chi connectivity index (χ2n) is 4.82. The van der Waals surface area contributed by atoms with Crippen molar-refractivity contribution in [2.45, 2.75) is 45.1 Å². The molecule has 18 heavy (non-hydrogen) atoms. The fourth-order valence-electron chi connectivity index (χ4n) is 2.42. The molecular formula is C13H18F2N2O. The van der Waals surface area contributed by atoms with Crippen LogP contribution in [-0.2, 0) is 0 Å². The zero-order valence-corrected chi connectivity index (χ0v) is 10.5. The number of nitrogens with zero attached hydrogens (tertiary/aromatic N) is 1. The van der Waals surface area contributed by atoms with E-state index in [1.807, 2.05) is 0 Å². The zero-order chi connectivity index (χ0) is 13.1. The van der Waals surface area contributed by atoms with Crippen LogP contribution in [-0.4, -0.2) is 11.1 Å². The molecule has 1 saturated carbocycles. The summed E-state index contributed by atoms with van der Waals surface area (Å²) < 4.78 is 32.0. The molecule has 3 nitrogen and oxygen atoms in total. The van der Waals surface area contributed by atoms with E-state index in [4.69, 9.17) is 10.5 Å². The van der Waals surface area contributed by atoms with Gasteiger partial charge in [0.25, 0.3) is 5.88 Å². The fraction of sp³-hybridized carbons (Fsp3) is 0.615. The third kappa shape index (κ3) is 2.89. The minimum absolute atomic E-state index is 0.0458. The van der Waals surface area contributed by atoms with Crippen molar-refractivity contribution < 1.29 is 13.5 Å². The third-order valence-corrected chi connectivity index (χ3v) is 3.51. The van der Waals surface area contributed by atoms with Gasteiger partial charge in [0.2, 0.25) is 0 Å². The monoisotopic (exact) mass is 256 g/mol. The van der Waals surface area contributed by atoms with E-state index in [0.717, 1.165) is 31.7 Å². The molecule has 2 rings (SSSR count). The Labute approximate surface area is 105 Å². The number of hydrogen-bond donors (Lipinski definition) is 1. The molecule has 0 bridgehead atoms. The maximum Gasteiger partial charge on any atom is 0.252 e. The van der Waals surface area contributed by atoms with Crippen LogP contribution < -0.4 is 10.5 Å². The number of anilines is 1. The minimum atomic E-state index is -0.852. The van der Waals surface area contributed by atoms with Crippen molar-refractivity contribution in [2.24, 2.45) is 5.92 Å². The minimum Gasteiger partial charge on any atom is -0.472 e. The lowest BCUT2D eigenvalue weighted by molar-refractivity contribution is 0.112. The Morgan fingerprint density at radius 3 is 2.89 bits per heavy atom. The first-order valence-electron chi connectivity index (χ1n) is 6.38. The lowest BCUT2D eigenvalue weighted by atomic mass is 9.85. The molecule has 1 aliphatic rings. The van der Waals surface area contributed by atoms with E-state index < -0.39 is 11.6 Å². The fourth-order valence-corrected chi connectivity index (χ4v) is 2.42. The van der Waals surface area contributed by atoms with Gasteiger partial charge < -0.3 is 10.5 Å². The number of ether oxygens (including phenoxy) is 1. The molecule has 2 N–H and O–H groups in total. The maximum atomic E-state index is 13.5. The number of rotatable bonds is 3. The van der Waals surface area contributed by atoms with Crippen LogP contribution in [0.2, 0.25) is 0 Å². The normalized spacial score (nSPS) is 23.9. The van der Waals surface area contributed by atoms with Crippen molar-refractivity contribution in [3.05, 3.63) is 17.7 Å². The number of halogens is 2. The predicted molar refractivity (Wildman–Crippen MR) is 65.2 cm³/mol. The van der Waals surface area contributed by atoms with E-state index in [2.05, 4.69) is 11.9 Å². The largest absolute Gasteiger partial charge is 0.472 e. The van der Waals surface area contributed by atoms with Crippen LogP contribution in [0.25, 0.3) is 0 Å². The standard InChI is InChI=1S/C13H18F2N2O/c1-2-8-4-3-5-9(6-8)18-13-11(15)7-10(14)12(16)17-13/h7-9H,2-6H2,1H3,(H2,16,17). The van der Waals surface area contributed by atoms with Gasteiger partial charge in [0.1, 0.15) is 6.10 Å². The van der Waals surface area contributed by atoms with E-state index in [0.29, 0.717) is 5.92 Å². The van der Waals surface area contributed by atoms with Crippen LogP contribution in [0.15, 0.2) is 6.07 Å². The maximum absolute atomic E-state index is 13.5. The zero-order valence-electron chi connectivity index (χ0n) is 10.5. The molecule has 0 aromatic carbocycles. The van der Waals surface area contributed by atoms with Crippen LogP contribution in [0.1, 0.15) is 39.0 Å². The summed E-state index contributed by atoms with van der Waals surface area (Å²) >= 11 is 0. The molecule has 1 aromatic heterocycles. The van der Waals surface area contributed by atoms with Gasteiger partial charge in [-0.05, 0) is 25.2 Å². The summed E-state index contributed by atoms with van der Waals surface area (Å²) in [6.45, 7) is 2.14. The molecule has 1 aliphatic carbocycles. The number of pyridine rings is 1. The SMILES string of the molecule is CCC1CCCC(Oc2nc(N)c(F)cc2F)C1. The van der Waals surface area contributed by atoms with E-state index in [1.54, 1.807) is 0 Å².